The lowest BCUT2D eigenvalue weighted by molar-refractivity contribution is -0.161. The first-order chi connectivity index (χ1) is 14.8. The molecule has 0 rings (SSSR count). The number of ether oxygens (including phenoxy) is 3. The van der Waals surface area contributed by atoms with Gasteiger partial charge in [0.25, 0.3) is 10.1 Å². The predicted octanol–water partition coefficient (Wildman–Crippen LogP) is 1.38. The van der Waals surface area contributed by atoms with E-state index in [2.05, 4.69) is 5.32 Å². The van der Waals surface area contributed by atoms with Crippen molar-refractivity contribution in [3.8, 4) is 0 Å². The maximum absolute atomic E-state index is 12.1. The fourth-order valence-corrected chi connectivity index (χ4v) is 3.20. The number of esters is 1. The van der Waals surface area contributed by atoms with Gasteiger partial charge in [-0.2, -0.15) is 8.42 Å². The molecular weight excluding hydrogens is 446 g/mol. The Kier molecular flexibility index (Phi) is 14.1. The van der Waals surface area contributed by atoms with Gasteiger partial charge >= 0.3 is 12.1 Å². The largest absolute Gasteiger partial charge is 0.508 e. The van der Waals surface area contributed by atoms with E-state index in [0.717, 1.165) is 0 Å². The van der Waals surface area contributed by atoms with E-state index in [-0.39, 0.29) is 50.4 Å². The number of carbonyl (C=O) groups is 3. The average Bonchev–Trinajstić information content (AvgIpc) is 2.70. The van der Waals surface area contributed by atoms with Gasteiger partial charge in [-0.05, 0) is 25.2 Å². The zero-order valence-electron chi connectivity index (χ0n) is 19.5. The summed E-state index contributed by atoms with van der Waals surface area (Å²) in [6, 6.07) is 0. The lowest BCUT2D eigenvalue weighted by atomic mass is 9.88. The lowest BCUT2D eigenvalue weighted by Crippen LogP contribution is -2.41. The Morgan fingerprint density at radius 1 is 1.00 bits per heavy atom. The molecule has 1 atom stereocenters. The number of amides is 1. The number of hydrogen-bond acceptors (Lipinski definition) is 10. The second-order valence-corrected chi connectivity index (χ2v) is 10.2. The molecule has 0 aromatic rings. The molecule has 0 radical (unpaired) electrons. The molecule has 32 heavy (non-hydrogen) atoms. The van der Waals surface area contributed by atoms with Crippen LogP contribution in [-0.2, 0) is 38.1 Å². The molecule has 0 spiro atoms. The Hall–Kier alpha value is -1.92. The number of hydrogen-bond donors (Lipinski definition) is 2. The van der Waals surface area contributed by atoms with E-state index in [4.69, 9.17) is 18.4 Å². The van der Waals surface area contributed by atoms with Gasteiger partial charge in [0.15, 0.2) is 6.10 Å². The summed E-state index contributed by atoms with van der Waals surface area (Å²) < 4.78 is 43.5. The summed E-state index contributed by atoms with van der Waals surface area (Å²) in [4.78, 5) is 34.1. The average molecular weight is 484 g/mol. The Morgan fingerprint density at radius 2 is 1.59 bits per heavy atom. The molecule has 0 aliphatic rings. The van der Waals surface area contributed by atoms with Crippen molar-refractivity contribution in [2.45, 2.75) is 60.0 Å². The summed E-state index contributed by atoms with van der Waals surface area (Å²) in [5, 5.41) is 12.7. The van der Waals surface area contributed by atoms with Crippen LogP contribution in [0.4, 0.5) is 4.79 Å². The topological polar surface area (TPSA) is 155 Å². The van der Waals surface area contributed by atoms with E-state index in [1.54, 1.807) is 0 Å². The van der Waals surface area contributed by atoms with Crippen molar-refractivity contribution >= 4 is 28.1 Å². The molecule has 0 aromatic carbocycles. The molecule has 0 saturated heterocycles. The smallest absolute Gasteiger partial charge is 0.464 e. The van der Waals surface area contributed by atoms with Gasteiger partial charge in [-0.3, -0.25) is 8.98 Å². The van der Waals surface area contributed by atoms with Gasteiger partial charge in [-0.1, -0.05) is 27.7 Å². The van der Waals surface area contributed by atoms with Crippen LogP contribution in [0.15, 0.2) is 0 Å². The Morgan fingerprint density at radius 3 is 2.16 bits per heavy atom. The molecule has 0 aliphatic carbocycles. The number of carbonyl (C=O) groups excluding carboxylic acids is 3. The van der Waals surface area contributed by atoms with Crippen molar-refractivity contribution in [1.29, 1.82) is 0 Å². The number of nitrogens with one attached hydrogen (secondary N) is 1. The second-order valence-electron chi connectivity index (χ2n) is 8.43. The lowest BCUT2D eigenvalue weighted by Gasteiger charge is -2.28. The molecule has 0 heterocycles. The first-order valence-electron chi connectivity index (χ1n) is 10.5. The monoisotopic (exact) mass is 483 g/mol. The summed E-state index contributed by atoms with van der Waals surface area (Å²) in [6.07, 6.45) is -1.34. The molecule has 0 aliphatic heterocycles. The molecule has 0 bridgehead atoms. The number of aliphatic hydroxyl groups excluding tert-OH is 1. The van der Waals surface area contributed by atoms with Gasteiger partial charge in [0, 0.05) is 18.9 Å². The highest BCUT2D eigenvalue weighted by Gasteiger charge is 2.36. The van der Waals surface area contributed by atoms with Crippen LogP contribution < -0.4 is 5.32 Å². The van der Waals surface area contributed by atoms with Gasteiger partial charge in [-0.15, -0.1) is 0 Å². The minimum Gasteiger partial charge on any atom is -0.464 e. The minimum absolute atomic E-state index is 0.00131. The van der Waals surface area contributed by atoms with Crippen molar-refractivity contribution < 1.29 is 46.3 Å². The molecule has 0 aromatic heterocycles. The first-order valence-corrected chi connectivity index (χ1v) is 12.1. The predicted molar refractivity (Wildman–Crippen MR) is 115 cm³/mol. The van der Waals surface area contributed by atoms with Gasteiger partial charge in [0.05, 0.1) is 32.2 Å². The van der Waals surface area contributed by atoms with Gasteiger partial charge in [0.1, 0.15) is 0 Å². The summed E-state index contributed by atoms with van der Waals surface area (Å²) in [5.41, 5.74) is -1.22. The Bertz CT molecular complexity index is 690. The van der Waals surface area contributed by atoms with E-state index >= 15 is 0 Å². The Labute approximate surface area is 190 Å². The SMILES string of the molecule is CC(=O)NCCCS(=O)(=O)OCC(C)(C)[C@@H](O)C(=O)OCCCCOC(=O)OCC(C)C. The van der Waals surface area contributed by atoms with Crippen molar-refractivity contribution in [1.82, 2.24) is 5.32 Å². The highest BCUT2D eigenvalue weighted by atomic mass is 32.2. The van der Waals surface area contributed by atoms with Crippen LogP contribution in [-0.4, -0.2) is 76.4 Å². The number of rotatable bonds is 16. The van der Waals surface area contributed by atoms with E-state index in [0.29, 0.717) is 12.8 Å². The highest BCUT2D eigenvalue weighted by Crippen LogP contribution is 2.23. The zero-order chi connectivity index (χ0) is 24.8. The second kappa shape index (κ2) is 15.0. The maximum atomic E-state index is 12.1. The number of aliphatic hydroxyl groups is 1. The van der Waals surface area contributed by atoms with Crippen molar-refractivity contribution in [3.05, 3.63) is 0 Å². The van der Waals surface area contributed by atoms with Crippen LogP contribution in [0.1, 0.15) is 53.9 Å². The van der Waals surface area contributed by atoms with Crippen molar-refractivity contribution in [2.75, 3.05) is 38.7 Å². The molecule has 0 saturated carbocycles. The van der Waals surface area contributed by atoms with Crippen LogP contribution in [0, 0.1) is 11.3 Å². The first kappa shape index (κ1) is 30.1. The molecule has 12 heteroatoms. The molecule has 1 amide bonds. The van der Waals surface area contributed by atoms with Crippen LogP contribution in [0.25, 0.3) is 0 Å². The minimum atomic E-state index is -3.88. The van der Waals surface area contributed by atoms with Crippen LogP contribution in [0.5, 0.6) is 0 Å². The maximum Gasteiger partial charge on any atom is 0.508 e. The third-order valence-electron chi connectivity index (χ3n) is 4.06. The fourth-order valence-electron chi connectivity index (χ4n) is 2.10. The molecule has 2 N–H and O–H groups in total. The van der Waals surface area contributed by atoms with Crippen LogP contribution >= 0.6 is 0 Å². The third kappa shape index (κ3) is 15.0. The van der Waals surface area contributed by atoms with Gasteiger partial charge in [-0.25, -0.2) is 9.59 Å². The van der Waals surface area contributed by atoms with E-state index in [1.165, 1.54) is 20.8 Å². The molecule has 11 nitrogen and oxygen atoms in total. The normalized spacial score (nSPS) is 12.8. The fraction of sp³-hybridized carbons (Fsp3) is 0.850. The quantitative estimate of drug-likeness (QED) is 0.187. The summed E-state index contributed by atoms with van der Waals surface area (Å²) in [6.45, 7) is 8.23. The standard InChI is InChI=1S/C20H37NO10S/c1-15(2)13-30-19(25)29-11-7-6-10-28-18(24)17(23)20(4,5)14-31-32(26,27)12-8-9-21-16(3)22/h15,17,23H,6-14H2,1-5H3,(H,21,22)/t17-/m0/s1. The summed E-state index contributed by atoms with van der Waals surface area (Å²) in [7, 11) is -3.88. The summed E-state index contributed by atoms with van der Waals surface area (Å²) in [5.74, 6) is -1.27. The molecule has 188 valence electrons. The third-order valence-corrected chi connectivity index (χ3v) is 5.32. The zero-order valence-corrected chi connectivity index (χ0v) is 20.4. The van der Waals surface area contributed by atoms with Gasteiger partial charge < -0.3 is 24.6 Å². The molecule has 0 fully saturated rings. The van der Waals surface area contributed by atoms with Crippen molar-refractivity contribution in [3.63, 3.8) is 0 Å². The van der Waals surface area contributed by atoms with Crippen LogP contribution in [0.2, 0.25) is 0 Å². The van der Waals surface area contributed by atoms with E-state index in [9.17, 15) is 27.9 Å². The molecule has 0 unspecified atom stereocenters. The van der Waals surface area contributed by atoms with Crippen LogP contribution in [0.3, 0.4) is 0 Å². The molecular formula is C20H37NO10S. The number of unbranched alkanes of at least 4 members (excludes halogenated alkanes) is 1. The van der Waals surface area contributed by atoms with E-state index in [1.807, 2.05) is 13.8 Å². The van der Waals surface area contributed by atoms with Crippen molar-refractivity contribution in [2.24, 2.45) is 11.3 Å². The van der Waals surface area contributed by atoms with Gasteiger partial charge in [0.2, 0.25) is 5.91 Å². The Balaban J connectivity index is 4.17. The highest BCUT2D eigenvalue weighted by molar-refractivity contribution is 7.86. The summed E-state index contributed by atoms with van der Waals surface area (Å²) >= 11 is 0. The van der Waals surface area contributed by atoms with E-state index < -0.39 is 40.4 Å².